The van der Waals surface area contributed by atoms with Gasteiger partial charge in [-0.05, 0) is 48.4 Å². The Balaban J connectivity index is 1.70. The zero-order valence-corrected chi connectivity index (χ0v) is 20.1. The Bertz CT molecular complexity index is 1490. The lowest BCUT2D eigenvalue weighted by molar-refractivity contribution is -0.119. The first kappa shape index (κ1) is 24.3. The van der Waals surface area contributed by atoms with Gasteiger partial charge >= 0.3 is 0 Å². The number of amides is 1. The van der Waals surface area contributed by atoms with Crippen LogP contribution in [-0.4, -0.2) is 31.8 Å². The number of benzene rings is 3. The fourth-order valence-electron chi connectivity index (χ4n) is 3.45. The molecule has 1 heterocycles. The van der Waals surface area contributed by atoms with E-state index in [9.17, 15) is 13.2 Å². The van der Waals surface area contributed by atoms with Gasteiger partial charge in [0.1, 0.15) is 16.6 Å². The van der Waals surface area contributed by atoms with Gasteiger partial charge in [-0.3, -0.25) is 10.2 Å². The molecule has 35 heavy (non-hydrogen) atoms. The Morgan fingerprint density at radius 2 is 1.83 bits per heavy atom. The molecular formula is C24H23N5O4S2. The Kier molecular flexibility index (Phi) is 7.10. The van der Waals surface area contributed by atoms with Crippen LogP contribution in [0.5, 0.6) is 5.75 Å². The molecule has 4 aromatic rings. The van der Waals surface area contributed by atoms with Gasteiger partial charge in [0.2, 0.25) is 10.0 Å². The molecule has 180 valence electrons. The number of primary amides is 1. The molecule has 9 nitrogen and oxygen atoms in total. The number of fused-ring (bicyclic) bond motifs is 1. The maximum atomic E-state index is 13.1. The molecule has 3 aromatic carbocycles. The van der Waals surface area contributed by atoms with Crippen molar-refractivity contribution in [3.63, 3.8) is 0 Å². The van der Waals surface area contributed by atoms with E-state index in [4.69, 9.17) is 21.6 Å². The summed E-state index contributed by atoms with van der Waals surface area (Å²) in [7, 11) is -3.84. The number of carbonyl (C=O) groups excluding carboxylic acids is 1. The van der Waals surface area contributed by atoms with Gasteiger partial charge in [-0.25, -0.2) is 18.1 Å². The zero-order chi connectivity index (χ0) is 25.0. The molecule has 0 fully saturated rings. The number of thiazole rings is 1. The quantitative estimate of drug-likeness (QED) is 0.190. The topological polar surface area (TPSA) is 161 Å². The van der Waals surface area contributed by atoms with Crippen molar-refractivity contribution in [3.05, 3.63) is 88.9 Å². The van der Waals surface area contributed by atoms with Gasteiger partial charge in [-0.15, -0.1) is 11.3 Å². The molecule has 0 saturated heterocycles. The van der Waals surface area contributed by atoms with Crippen LogP contribution in [0.15, 0.2) is 77.7 Å². The number of carbonyl (C=O) groups is 1. The lowest BCUT2D eigenvalue weighted by Crippen LogP contribution is -2.30. The second kappa shape index (κ2) is 10.2. The van der Waals surface area contributed by atoms with E-state index >= 15 is 0 Å². The number of hydrogen-bond acceptors (Lipinski definition) is 7. The number of nitrogens with zero attached hydrogens (tertiary/aromatic N) is 1. The molecule has 0 bridgehead atoms. The summed E-state index contributed by atoms with van der Waals surface area (Å²) < 4.78 is 35.2. The molecule has 1 unspecified atom stereocenters. The molecule has 11 heteroatoms. The van der Waals surface area contributed by atoms with E-state index in [1.165, 1.54) is 23.5 Å². The minimum Gasteiger partial charge on any atom is -0.484 e. The van der Waals surface area contributed by atoms with Gasteiger partial charge in [-0.2, -0.15) is 0 Å². The fraction of sp³-hybridized carbons (Fsp3) is 0.125. The highest BCUT2D eigenvalue weighted by Gasteiger charge is 2.25. The normalized spacial score (nSPS) is 12.3. The Hall–Kier alpha value is -3.80. The summed E-state index contributed by atoms with van der Waals surface area (Å²) in [5, 5.41) is 8.26. The number of nitrogens with one attached hydrogen (secondary N) is 2. The second-order valence-corrected chi connectivity index (χ2v) is 10.5. The van der Waals surface area contributed by atoms with Gasteiger partial charge in [0.15, 0.2) is 6.61 Å². The monoisotopic (exact) mass is 509 g/mol. The highest BCUT2D eigenvalue weighted by atomic mass is 32.2. The molecule has 0 radical (unpaired) electrons. The van der Waals surface area contributed by atoms with E-state index in [1.54, 1.807) is 54.6 Å². The standard InChI is InChI=1S/C24H23N5O4S2/c25-22(30)14-33-17-9-10-19-21(13-17)34-24(28-19)20(12-15-5-4-6-16(11-15)23(26)27)29-35(31,32)18-7-2-1-3-8-18/h1-11,13,20,29H,12,14H2,(H2,25,30)(H3,26,27). The second-order valence-electron chi connectivity index (χ2n) is 7.74. The van der Waals surface area contributed by atoms with Crippen LogP contribution in [-0.2, 0) is 21.2 Å². The summed E-state index contributed by atoms with van der Waals surface area (Å²) in [5.41, 5.74) is 12.8. The van der Waals surface area contributed by atoms with Gasteiger partial charge in [0.05, 0.1) is 21.2 Å². The minimum atomic E-state index is -3.84. The van der Waals surface area contributed by atoms with Crippen molar-refractivity contribution in [1.29, 1.82) is 5.41 Å². The van der Waals surface area contributed by atoms with Crippen molar-refractivity contribution in [2.45, 2.75) is 17.4 Å². The van der Waals surface area contributed by atoms with Crippen LogP contribution in [0.3, 0.4) is 0 Å². The molecule has 0 aliphatic rings. The maximum Gasteiger partial charge on any atom is 0.255 e. The van der Waals surface area contributed by atoms with Crippen LogP contribution in [0.2, 0.25) is 0 Å². The molecule has 0 saturated carbocycles. The highest BCUT2D eigenvalue weighted by Crippen LogP contribution is 2.32. The van der Waals surface area contributed by atoms with Gasteiger partial charge < -0.3 is 16.2 Å². The third-order valence-electron chi connectivity index (χ3n) is 5.08. The predicted molar refractivity (Wildman–Crippen MR) is 135 cm³/mol. The van der Waals surface area contributed by atoms with Crippen LogP contribution in [0.25, 0.3) is 10.2 Å². The van der Waals surface area contributed by atoms with Crippen molar-refractivity contribution in [3.8, 4) is 5.75 Å². The number of hydrogen-bond donors (Lipinski definition) is 4. The summed E-state index contributed by atoms with van der Waals surface area (Å²) in [6, 6.07) is 19.7. The van der Waals surface area contributed by atoms with Crippen LogP contribution < -0.4 is 20.9 Å². The lowest BCUT2D eigenvalue weighted by Gasteiger charge is -2.17. The smallest absolute Gasteiger partial charge is 0.255 e. The minimum absolute atomic E-state index is 0.0725. The van der Waals surface area contributed by atoms with Crippen molar-refractivity contribution in [1.82, 2.24) is 9.71 Å². The number of aromatic nitrogens is 1. The number of rotatable bonds is 10. The maximum absolute atomic E-state index is 13.1. The number of sulfonamides is 1. The Morgan fingerprint density at radius 3 is 2.54 bits per heavy atom. The first-order valence-corrected chi connectivity index (χ1v) is 12.8. The lowest BCUT2D eigenvalue weighted by atomic mass is 10.0. The first-order valence-electron chi connectivity index (χ1n) is 10.5. The number of amidine groups is 1. The van der Waals surface area contributed by atoms with E-state index in [1.807, 2.05) is 6.07 Å². The van der Waals surface area contributed by atoms with Crippen LogP contribution >= 0.6 is 11.3 Å². The van der Waals surface area contributed by atoms with Crippen LogP contribution in [0.1, 0.15) is 22.2 Å². The zero-order valence-electron chi connectivity index (χ0n) is 18.5. The molecule has 0 spiro atoms. The summed E-state index contributed by atoms with van der Waals surface area (Å²) >= 11 is 1.32. The first-order chi connectivity index (χ1) is 16.7. The van der Waals surface area contributed by atoms with Crippen molar-refractivity contribution in [2.24, 2.45) is 11.5 Å². The summed E-state index contributed by atoms with van der Waals surface area (Å²) in [4.78, 5) is 15.8. The van der Waals surface area contributed by atoms with Gasteiger partial charge in [0, 0.05) is 5.56 Å². The predicted octanol–water partition coefficient (Wildman–Crippen LogP) is 2.71. The number of nitrogen functional groups attached to an aromatic ring is 1. The summed E-state index contributed by atoms with van der Waals surface area (Å²) in [6.07, 6.45) is 0.290. The average molecular weight is 510 g/mol. The Labute approximate surface area is 206 Å². The fourth-order valence-corrected chi connectivity index (χ4v) is 5.79. The number of nitrogens with two attached hydrogens (primary N) is 2. The van der Waals surface area contributed by atoms with E-state index in [0.29, 0.717) is 21.8 Å². The largest absolute Gasteiger partial charge is 0.484 e. The average Bonchev–Trinajstić information content (AvgIpc) is 3.26. The summed E-state index contributed by atoms with van der Waals surface area (Å²) in [5.74, 6) is -0.197. The van der Waals surface area contributed by atoms with Crippen LogP contribution in [0, 0.1) is 5.41 Å². The molecular weight excluding hydrogens is 486 g/mol. The number of ether oxygens (including phenoxy) is 1. The molecule has 1 aromatic heterocycles. The molecule has 1 amide bonds. The van der Waals surface area contributed by atoms with Crippen LogP contribution in [0.4, 0.5) is 0 Å². The third kappa shape index (κ3) is 6.01. The summed E-state index contributed by atoms with van der Waals surface area (Å²) in [6.45, 7) is -0.247. The Morgan fingerprint density at radius 1 is 1.06 bits per heavy atom. The SMILES string of the molecule is N=C(N)c1cccc(CC(NS(=O)(=O)c2ccccc2)c2nc3ccc(OCC(N)=O)cc3s2)c1. The van der Waals surface area contributed by atoms with E-state index in [2.05, 4.69) is 9.71 Å². The van der Waals surface area contributed by atoms with E-state index in [0.717, 1.165) is 10.3 Å². The molecule has 0 aliphatic carbocycles. The van der Waals surface area contributed by atoms with Gasteiger partial charge in [-0.1, -0.05) is 36.4 Å². The molecule has 0 aliphatic heterocycles. The third-order valence-corrected chi connectivity index (χ3v) is 7.70. The van der Waals surface area contributed by atoms with E-state index < -0.39 is 22.0 Å². The van der Waals surface area contributed by atoms with E-state index in [-0.39, 0.29) is 23.8 Å². The van der Waals surface area contributed by atoms with Gasteiger partial charge in [0.25, 0.3) is 5.91 Å². The van der Waals surface area contributed by atoms with Crippen molar-refractivity contribution in [2.75, 3.05) is 6.61 Å². The molecule has 1 atom stereocenters. The molecule has 4 rings (SSSR count). The van der Waals surface area contributed by atoms with Crippen molar-refractivity contribution < 1.29 is 17.9 Å². The van der Waals surface area contributed by atoms with Crippen molar-refractivity contribution >= 4 is 43.3 Å². The highest BCUT2D eigenvalue weighted by molar-refractivity contribution is 7.89. The molecule has 6 N–H and O–H groups in total.